The van der Waals surface area contributed by atoms with E-state index in [0.29, 0.717) is 5.65 Å². The summed E-state index contributed by atoms with van der Waals surface area (Å²) in [4.78, 5) is 15.0. The van der Waals surface area contributed by atoms with Gasteiger partial charge in [0, 0.05) is 6.20 Å². The molecule has 2 heterocycles. The number of carboxylic acids is 1. The average molecular weight is 206 g/mol. The predicted molar refractivity (Wildman–Crippen MR) is 52.4 cm³/mol. The molecule has 1 unspecified atom stereocenters. The molecule has 2 N–H and O–H groups in total. The van der Waals surface area contributed by atoms with Crippen LogP contribution < -0.4 is 5.32 Å². The summed E-state index contributed by atoms with van der Waals surface area (Å²) >= 11 is 0. The van der Waals surface area contributed by atoms with Crippen LogP contribution in [0.3, 0.4) is 0 Å². The van der Waals surface area contributed by atoms with Gasteiger partial charge in [-0.25, -0.2) is 9.50 Å². The largest absolute Gasteiger partial charge is 0.480 e. The monoisotopic (exact) mass is 206 g/mol. The maximum Gasteiger partial charge on any atom is 0.328 e. The maximum atomic E-state index is 10.9. The highest BCUT2D eigenvalue weighted by Gasteiger charge is 2.22. The number of nitrogens with zero attached hydrogens (tertiary/aromatic N) is 3. The van der Waals surface area contributed by atoms with E-state index in [0.717, 1.165) is 0 Å². The van der Waals surface area contributed by atoms with Crippen LogP contribution in [0.1, 0.15) is 11.9 Å². The molecule has 0 amide bonds. The molecule has 0 saturated carbocycles. The molecule has 0 saturated heterocycles. The minimum Gasteiger partial charge on any atom is -0.480 e. The van der Waals surface area contributed by atoms with Crippen molar-refractivity contribution in [2.24, 2.45) is 0 Å². The van der Waals surface area contributed by atoms with Crippen molar-refractivity contribution < 1.29 is 9.90 Å². The average Bonchev–Trinajstić information content (AvgIpc) is 2.61. The van der Waals surface area contributed by atoms with Gasteiger partial charge < -0.3 is 10.4 Å². The van der Waals surface area contributed by atoms with E-state index in [1.165, 1.54) is 0 Å². The van der Waals surface area contributed by atoms with Crippen molar-refractivity contribution >= 4 is 11.6 Å². The topological polar surface area (TPSA) is 79.5 Å². The molecule has 0 aromatic carbocycles. The quantitative estimate of drug-likeness (QED) is 0.743. The van der Waals surface area contributed by atoms with Crippen LogP contribution in [0.2, 0.25) is 0 Å². The minimum atomic E-state index is -0.992. The summed E-state index contributed by atoms with van der Waals surface area (Å²) in [6.45, 7) is 0. The summed E-state index contributed by atoms with van der Waals surface area (Å²) in [6, 6.07) is 4.53. The lowest BCUT2D eigenvalue weighted by Gasteiger charge is -2.04. The molecule has 0 aliphatic heterocycles. The number of carbonyl (C=O) groups is 1. The molecular formula is C9H10N4O2. The van der Waals surface area contributed by atoms with Gasteiger partial charge in [0.2, 0.25) is 0 Å². The van der Waals surface area contributed by atoms with Gasteiger partial charge in [-0.05, 0) is 19.2 Å². The number of rotatable bonds is 3. The van der Waals surface area contributed by atoms with E-state index in [1.54, 1.807) is 29.9 Å². The third-order valence-electron chi connectivity index (χ3n) is 2.05. The molecular weight excluding hydrogens is 196 g/mol. The van der Waals surface area contributed by atoms with Gasteiger partial charge in [0.1, 0.15) is 0 Å². The lowest BCUT2D eigenvalue weighted by atomic mass is 10.3. The lowest BCUT2D eigenvalue weighted by molar-refractivity contribution is -0.139. The first-order chi connectivity index (χ1) is 7.22. The summed E-state index contributed by atoms with van der Waals surface area (Å²) in [5.41, 5.74) is 0.633. The van der Waals surface area contributed by atoms with Crippen molar-refractivity contribution in [2.75, 3.05) is 7.05 Å². The molecule has 2 aromatic heterocycles. The van der Waals surface area contributed by atoms with Crippen LogP contribution in [0.15, 0.2) is 24.4 Å². The number of fused-ring (bicyclic) bond motifs is 1. The molecule has 0 aliphatic rings. The van der Waals surface area contributed by atoms with E-state index in [2.05, 4.69) is 15.4 Å². The predicted octanol–water partition coefficient (Wildman–Crippen LogP) is 0.0744. The van der Waals surface area contributed by atoms with E-state index >= 15 is 0 Å². The maximum absolute atomic E-state index is 10.9. The zero-order chi connectivity index (χ0) is 10.8. The zero-order valence-corrected chi connectivity index (χ0v) is 8.08. The van der Waals surface area contributed by atoms with Gasteiger partial charge in [0.05, 0.1) is 0 Å². The summed E-state index contributed by atoms with van der Waals surface area (Å²) in [6.07, 6.45) is 1.72. The normalized spacial score (nSPS) is 12.9. The molecule has 15 heavy (non-hydrogen) atoms. The van der Waals surface area contributed by atoms with Crippen LogP contribution in [0.5, 0.6) is 0 Å². The first-order valence-electron chi connectivity index (χ1n) is 4.44. The van der Waals surface area contributed by atoms with Gasteiger partial charge in [-0.1, -0.05) is 6.07 Å². The molecule has 0 bridgehead atoms. The Morgan fingerprint density at radius 2 is 2.40 bits per heavy atom. The fraction of sp³-hybridized carbons (Fsp3) is 0.222. The second kappa shape index (κ2) is 3.66. The first-order valence-corrected chi connectivity index (χ1v) is 4.44. The van der Waals surface area contributed by atoms with Gasteiger partial charge in [0.25, 0.3) is 0 Å². The Bertz CT molecular complexity index is 461. The van der Waals surface area contributed by atoms with E-state index in [9.17, 15) is 4.79 Å². The minimum absolute atomic E-state index is 0.260. The molecule has 6 heteroatoms. The van der Waals surface area contributed by atoms with Gasteiger partial charge >= 0.3 is 5.97 Å². The third kappa shape index (κ3) is 1.66. The first kappa shape index (κ1) is 9.60. The number of likely N-dealkylation sites (N-methyl/N-ethyl adjacent to an activating group) is 1. The number of nitrogens with one attached hydrogen (secondary N) is 1. The van der Waals surface area contributed by atoms with Crippen LogP contribution in [-0.2, 0) is 4.79 Å². The molecule has 0 radical (unpaired) electrons. The summed E-state index contributed by atoms with van der Waals surface area (Å²) in [5, 5.41) is 15.6. The van der Waals surface area contributed by atoms with E-state index in [4.69, 9.17) is 5.11 Å². The van der Waals surface area contributed by atoms with E-state index in [1.807, 2.05) is 6.07 Å². The van der Waals surface area contributed by atoms with Gasteiger partial charge in [-0.3, -0.25) is 4.79 Å². The van der Waals surface area contributed by atoms with Crippen molar-refractivity contribution in [2.45, 2.75) is 6.04 Å². The number of carboxylic acid groups (broad SMARTS) is 1. The smallest absolute Gasteiger partial charge is 0.328 e. The Hall–Kier alpha value is -1.95. The van der Waals surface area contributed by atoms with E-state index in [-0.39, 0.29) is 5.82 Å². The summed E-state index contributed by atoms with van der Waals surface area (Å²) in [7, 11) is 1.56. The fourth-order valence-corrected chi connectivity index (χ4v) is 1.33. The van der Waals surface area contributed by atoms with Crippen molar-refractivity contribution in [3.63, 3.8) is 0 Å². The van der Waals surface area contributed by atoms with Crippen LogP contribution in [0.4, 0.5) is 0 Å². The number of pyridine rings is 1. The lowest BCUT2D eigenvalue weighted by Crippen LogP contribution is -2.26. The number of aliphatic carboxylic acids is 1. The Morgan fingerprint density at radius 1 is 1.60 bits per heavy atom. The Kier molecular flexibility index (Phi) is 2.34. The highest BCUT2D eigenvalue weighted by molar-refractivity contribution is 5.74. The molecule has 0 fully saturated rings. The molecule has 0 spiro atoms. The molecule has 2 aromatic rings. The van der Waals surface area contributed by atoms with Crippen molar-refractivity contribution in [3.8, 4) is 0 Å². The number of hydrogen-bond donors (Lipinski definition) is 2. The fourth-order valence-electron chi connectivity index (χ4n) is 1.33. The molecule has 2 rings (SSSR count). The molecule has 1 atom stereocenters. The number of hydrogen-bond acceptors (Lipinski definition) is 4. The third-order valence-corrected chi connectivity index (χ3v) is 2.05. The van der Waals surface area contributed by atoms with Gasteiger partial charge in [-0.15, -0.1) is 5.10 Å². The summed E-state index contributed by atoms with van der Waals surface area (Å²) < 4.78 is 1.54. The van der Waals surface area contributed by atoms with Crippen LogP contribution >= 0.6 is 0 Å². The highest BCUT2D eigenvalue weighted by atomic mass is 16.4. The highest BCUT2D eigenvalue weighted by Crippen LogP contribution is 2.09. The van der Waals surface area contributed by atoms with Crippen LogP contribution in [-0.4, -0.2) is 32.7 Å². The standard InChI is InChI=1S/C9H10N4O2/c1-10-7(9(14)15)8-11-6-4-2-3-5-13(6)12-8/h2-5,7,10H,1H3,(H,14,15). The SMILES string of the molecule is CNC(C(=O)O)c1nc2ccccn2n1. The number of aromatic nitrogens is 3. The Labute approximate surface area is 85.6 Å². The molecule has 78 valence electrons. The van der Waals surface area contributed by atoms with E-state index < -0.39 is 12.0 Å². The van der Waals surface area contributed by atoms with Gasteiger partial charge in [0.15, 0.2) is 17.5 Å². The van der Waals surface area contributed by atoms with Crippen molar-refractivity contribution in [3.05, 3.63) is 30.2 Å². The molecule has 6 nitrogen and oxygen atoms in total. The Morgan fingerprint density at radius 3 is 3.00 bits per heavy atom. The van der Waals surface area contributed by atoms with Crippen LogP contribution in [0, 0.1) is 0 Å². The second-order valence-corrected chi connectivity index (χ2v) is 3.03. The van der Waals surface area contributed by atoms with Crippen molar-refractivity contribution in [1.29, 1.82) is 0 Å². The van der Waals surface area contributed by atoms with Crippen LogP contribution in [0.25, 0.3) is 5.65 Å². The second-order valence-electron chi connectivity index (χ2n) is 3.03. The molecule has 0 aliphatic carbocycles. The zero-order valence-electron chi connectivity index (χ0n) is 8.08. The Balaban J connectivity index is 2.47. The van der Waals surface area contributed by atoms with Crippen molar-refractivity contribution in [1.82, 2.24) is 19.9 Å². The van der Waals surface area contributed by atoms with Gasteiger partial charge in [-0.2, -0.15) is 0 Å². The summed E-state index contributed by atoms with van der Waals surface area (Å²) in [5.74, 6) is -0.732.